The molecule has 0 saturated heterocycles. The molecular formula is C20H25N3O5S. The van der Waals surface area contributed by atoms with Crippen molar-refractivity contribution in [1.29, 1.82) is 0 Å². The van der Waals surface area contributed by atoms with Gasteiger partial charge in [-0.2, -0.15) is 4.31 Å². The highest BCUT2D eigenvalue weighted by Crippen LogP contribution is 2.17. The average Bonchev–Trinajstić information content (AvgIpc) is 2.72. The summed E-state index contributed by atoms with van der Waals surface area (Å²) in [7, 11) is -3.68. The van der Waals surface area contributed by atoms with Gasteiger partial charge in [-0.3, -0.25) is 20.4 Å². The molecule has 0 unspecified atom stereocenters. The van der Waals surface area contributed by atoms with E-state index in [1.165, 1.54) is 28.6 Å². The molecule has 0 spiro atoms. The van der Waals surface area contributed by atoms with Crippen LogP contribution in [0.4, 0.5) is 0 Å². The Hall–Kier alpha value is -2.91. The lowest BCUT2D eigenvalue weighted by Crippen LogP contribution is -2.43. The topological polar surface area (TPSA) is 105 Å². The fraction of sp³-hybridized carbons (Fsp3) is 0.300. The van der Waals surface area contributed by atoms with Crippen molar-refractivity contribution in [2.24, 2.45) is 0 Å². The van der Waals surface area contributed by atoms with Gasteiger partial charge in [0.1, 0.15) is 5.75 Å². The number of aryl methyl sites for hydroxylation is 1. The van der Waals surface area contributed by atoms with Crippen LogP contribution in [0.2, 0.25) is 0 Å². The molecule has 2 amide bonds. The van der Waals surface area contributed by atoms with Gasteiger partial charge in [0.15, 0.2) is 6.61 Å². The second kappa shape index (κ2) is 10.0. The van der Waals surface area contributed by atoms with Crippen LogP contribution in [0.25, 0.3) is 0 Å². The van der Waals surface area contributed by atoms with E-state index in [1.54, 1.807) is 26.0 Å². The van der Waals surface area contributed by atoms with Gasteiger partial charge in [0.25, 0.3) is 11.8 Å². The van der Waals surface area contributed by atoms with Crippen LogP contribution < -0.4 is 15.6 Å². The van der Waals surface area contributed by atoms with Crippen molar-refractivity contribution in [3.8, 4) is 5.75 Å². The van der Waals surface area contributed by atoms with E-state index in [1.807, 2.05) is 19.1 Å². The molecule has 0 radical (unpaired) electrons. The Morgan fingerprint density at radius 1 is 1.00 bits per heavy atom. The van der Waals surface area contributed by atoms with Gasteiger partial charge < -0.3 is 4.74 Å². The fourth-order valence-electron chi connectivity index (χ4n) is 2.53. The first-order chi connectivity index (χ1) is 13.8. The van der Waals surface area contributed by atoms with E-state index < -0.39 is 21.8 Å². The summed E-state index contributed by atoms with van der Waals surface area (Å²) < 4.78 is 31.8. The van der Waals surface area contributed by atoms with E-state index in [0.717, 1.165) is 5.56 Å². The molecule has 2 rings (SSSR count). The standard InChI is InChI=1S/C20H25N3O5S/c1-4-23(5-2)29(26,27)18-8-6-7-16(13-18)20(25)22-21-19(24)14-28-17-11-9-15(3)10-12-17/h6-13H,4-5,14H2,1-3H3,(H,21,24)(H,22,25). The first-order valence-electron chi connectivity index (χ1n) is 9.16. The second-order valence-corrected chi connectivity index (χ2v) is 8.16. The van der Waals surface area contributed by atoms with E-state index in [0.29, 0.717) is 18.8 Å². The van der Waals surface area contributed by atoms with E-state index in [-0.39, 0.29) is 17.1 Å². The molecule has 2 aromatic carbocycles. The lowest BCUT2D eigenvalue weighted by Gasteiger charge is -2.18. The molecule has 0 aromatic heterocycles. The number of amides is 2. The number of ether oxygens (including phenoxy) is 1. The number of hydrogen-bond donors (Lipinski definition) is 2. The Kier molecular flexibility index (Phi) is 7.74. The van der Waals surface area contributed by atoms with Crippen LogP contribution in [0, 0.1) is 6.92 Å². The summed E-state index contributed by atoms with van der Waals surface area (Å²) in [5.74, 6) is -0.650. The number of carbonyl (C=O) groups excluding carboxylic acids is 2. The lowest BCUT2D eigenvalue weighted by atomic mass is 10.2. The number of hydrogen-bond acceptors (Lipinski definition) is 5. The maximum atomic E-state index is 12.6. The van der Waals surface area contributed by atoms with Crippen molar-refractivity contribution in [2.45, 2.75) is 25.7 Å². The van der Waals surface area contributed by atoms with E-state index in [4.69, 9.17) is 4.74 Å². The van der Waals surface area contributed by atoms with Crippen molar-refractivity contribution in [3.63, 3.8) is 0 Å². The Labute approximate surface area is 170 Å². The second-order valence-electron chi connectivity index (χ2n) is 6.22. The minimum atomic E-state index is -3.68. The van der Waals surface area contributed by atoms with Gasteiger partial charge in [0.05, 0.1) is 4.90 Å². The minimum absolute atomic E-state index is 0.0166. The van der Waals surface area contributed by atoms with Gasteiger partial charge in [-0.05, 0) is 37.3 Å². The Morgan fingerprint density at radius 3 is 2.28 bits per heavy atom. The molecule has 0 bridgehead atoms. The van der Waals surface area contributed by atoms with Crippen LogP contribution >= 0.6 is 0 Å². The molecule has 8 nitrogen and oxygen atoms in total. The highest BCUT2D eigenvalue weighted by Gasteiger charge is 2.22. The predicted molar refractivity (Wildman–Crippen MR) is 109 cm³/mol. The summed E-state index contributed by atoms with van der Waals surface area (Å²) in [5.41, 5.74) is 5.67. The average molecular weight is 420 g/mol. The van der Waals surface area contributed by atoms with Crippen molar-refractivity contribution in [3.05, 3.63) is 59.7 Å². The van der Waals surface area contributed by atoms with E-state index in [2.05, 4.69) is 10.9 Å². The summed E-state index contributed by atoms with van der Waals surface area (Å²) in [6.07, 6.45) is 0. The summed E-state index contributed by atoms with van der Waals surface area (Å²) in [5, 5.41) is 0. The van der Waals surface area contributed by atoms with E-state index in [9.17, 15) is 18.0 Å². The quantitative estimate of drug-likeness (QED) is 0.636. The number of sulfonamides is 1. The van der Waals surface area contributed by atoms with Crippen molar-refractivity contribution < 1.29 is 22.7 Å². The first kappa shape index (κ1) is 22.4. The number of benzene rings is 2. The van der Waals surface area contributed by atoms with Gasteiger partial charge in [0.2, 0.25) is 10.0 Å². The zero-order valence-corrected chi connectivity index (χ0v) is 17.5. The number of hydrazine groups is 1. The zero-order valence-electron chi connectivity index (χ0n) is 16.6. The summed E-state index contributed by atoms with van der Waals surface area (Å²) >= 11 is 0. The van der Waals surface area contributed by atoms with Gasteiger partial charge in [-0.15, -0.1) is 0 Å². The van der Waals surface area contributed by atoms with Crippen LogP contribution in [-0.4, -0.2) is 44.2 Å². The molecule has 0 aliphatic carbocycles. The molecular weight excluding hydrogens is 394 g/mol. The van der Waals surface area contributed by atoms with Crippen molar-refractivity contribution in [1.82, 2.24) is 15.2 Å². The smallest absolute Gasteiger partial charge is 0.276 e. The third kappa shape index (κ3) is 6.03. The molecule has 156 valence electrons. The predicted octanol–water partition coefficient (Wildman–Crippen LogP) is 1.87. The maximum absolute atomic E-state index is 12.6. The number of nitrogens with one attached hydrogen (secondary N) is 2. The van der Waals surface area contributed by atoms with Gasteiger partial charge >= 0.3 is 0 Å². The molecule has 0 fully saturated rings. The largest absolute Gasteiger partial charge is 0.484 e. The SMILES string of the molecule is CCN(CC)S(=O)(=O)c1cccc(C(=O)NNC(=O)COc2ccc(C)cc2)c1. The minimum Gasteiger partial charge on any atom is -0.484 e. The van der Waals surface area contributed by atoms with Crippen molar-refractivity contribution in [2.75, 3.05) is 19.7 Å². The fourth-order valence-corrected chi connectivity index (χ4v) is 4.03. The number of nitrogens with zero attached hydrogens (tertiary/aromatic N) is 1. The molecule has 0 atom stereocenters. The molecule has 2 aromatic rings. The summed E-state index contributed by atoms with van der Waals surface area (Å²) in [6, 6.07) is 12.8. The molecule has 0 aliphatic rings. The van der Waals surface area contributed by atoms with Crippen molar-refractivity contribution >= 4 is 21.8 Å². The third-order valence-electron chi connectivity index (χ3n) is 4.15. The van der Waals surface area contributed by atoms with Crippen LogP contribution in [0.1, 0.15) is 29.8 Å². The summed E-state index contributed by atoms with van der Waals surface area (Å²) in [4.78, 5) is 24.1. The Bertz CT molecular complexity index is 954. The Morgan fingerprint density at radius 2 is 1.66 bits per heavy atom. The molecule has 0 saturated carbocycles. The van der Waals surface area contributed by atoms with Gasteiger partial charge in [-0.1, -0.05) is 37.6 Å². The highest BCUT2D eigenvalue weighted by atomic mass is 32.2. The Balaban J connectivity index is 1.95. The van der Waals surface area contributed by atoms with Crippen LogP contribution in [0.3, 0.4) is 0 Å². The monoisotopic (exact) mass is 419 g/mol. The van der Waals surface area contributed by atoms with Gasteiger partial charge in [-0.25, -0.2) is 8.42 Å². The summed E-state index contributed by atoms with van der Waals surface area (Å²) in [6.45, 7) is 5.80. The van der Waals surface area contributed by atoms with Crippen LogP contribution in [0.5, 0.6) is 5.75 Å². The first-order valence-corrected chi connectivity index (χ1v) is 10.6. The van der Waals surface area contributed by atoms with Gasteiger partial charge in [0, 0.05) is 18.7 Å². The molecule has 0 heterocycles. The van der Waals surface area contributed by atoms with Crippen LogP contribution in [0.15, 0.2) is 53.4 Å². The lowest BCUT2D eigenvalue weighted by molar-refractivity contribution is -0.123. The molecule has 29 heavy (non-hydrogen) atoms. The number of rotatable bonds is 8. The van der Waals surface area contributed by atoms with E-state index >= 15 is 0 Å². The molecule has 9 heteroatoms. The zero-order chi connectivity index (χ0) is 21.4. The normalized spacial score (nSPS) is 11.2. The third-order valence-corrected chi connectivity index (χ3v) is 6.19. The highest BCUT2D eigenvalue weighted by molar-refractivity contribution is 7.89. The molecule has 2 N–H and O–H groups in total. The van der Waals surface area contributed by atoms with Crippen LogP contribution in [-0.2, 0) is 14.8 Å². The maximum Gasteiger partial charge on any atom is 0.276 e. The molecule has 0 aliphatic heterocycles. The number of carbonyl (C=O) groups is 2.